The highest BCUT2D eigenvalue weighted by Crippen LogP contribution is 2.19. The van der Waals surface area contributed by atoms with Gasteiger partial charge in [-0.3, -0.25) is 9.69 Å². The molecule has 0 bridgehead atoms. The summed E-state index contributed by atoms with van der Waals surface area (Å²) in [5, 5.41) is 3.25. The topological polar surface area (TPSA) is 48.5 Å². The van der Waals surface area contributed by atoms with Gasteiger partial charge in [0.15, 0.2) is 0 Å². The number of hydrogen-bond donors (Lipinski definition) is 1. The minimum atomic E-state index is 0.0773. The van der Waals surface area contributed by atoms with Gasteiger partial charge in [0, 0.05) is 37.9 Å². The Morgan fingerprint density at radius 3 is 2.67 bits per heavy atom. The van der Waals surface area contributed by atoms with Crippen molar-refractivity contribution < 1.29 is 4.79 Å². The summed E-state index contributed by atoms with van der Waals surface area (Å²) in [6.07, 6.45) is 2.73. The molecule has 2 heterocycles. The smallest absolute Gasteiger partial charge is 0.257 e. The summed E-state index contributed by atoms with van der Waals surface area (Å²) in [6.45, 7) is 8.78. The van der Waals surface area contributed by atoms with Crippen LogP contribution >= 0.6 is 0 Å². The van der Waals surface area contributed by atoms with E-state index in [-0.39, 0.29) is 5.91 Å². The first kappa shape index (κ1) is 15.8. The zero-order valence-corrected chi connectivity index (χ0v) is 13.5. The first-order valence-corrected chi connectivity index (χ1v) is 7.74. The first-order chi connectivity index (χ1) is 10.0. The third-order valence-electron chi connectivity index (χ3n) is 4.23. The molecule has 1 aliphatic rings. The van der Waals surface area contributed by atoms with Crippen LogP contribution < -0.4 is 5.32 Å². The number of carbonyl (C=O) groups excluding carboxylic acids is 1. The van der Waals surface area contributed by atoms with Gasteiger partial charge >= 0.3 is 0 Å². The molecule has 5 nitrogen and oxygen atoms in total. The summed E-state index contributed by atoms with van der Waals surface area (Å²) in [5.74, 6) is 0.775. The summed E-state index contributed by atoms with van der Waals surface area (Å²) in [6, 6.07) is 4.44. The molecule has 1 amide bonds. The molecular formula is C16H26N4O. The largest absolute Gasteiger partial charge is 0.369 e. The molecule has 1 saturated heterocycles. The molecule has 2 unspecified atom stereocenters. The molecule has 1 aromatic rings. The molecule has 0 radical (unpaired) electrons. The van der Waals surface area contributed by atoms with Crippen molar-refractivity contribution in [1.82, 2.24) is 14.8 Å². The summed E-state index contributed by atoms with van der Waals surface area (Å²) in [7, 11) is 2.12. The van der Waals surface area contributed by atoms with Crippen LogP contribution in [0.25, 0.3) is 0 Å². The Kier molecular flexibility index (Phi) is 5.17. The van der Waals surface area contributed by atoms with Gasteiger partial charge in [-0.1, -0.05) is 6.92 Å². The zero-order chi connectivity index (χ0) is 15.4. The highest BCUT2D eigenvalue weighted by atomic mass is 16.2. The molecular weight excluding hydrogens is 264 g/mol. The molecule has 21 heavy (non-hydrogen) atoms. The lowest BCUT2D eigenvalue weighted by atomic mass is 10.1. The van der Waals surface area contributed by atoms with E-state index in [1.54, 1.807) is 6.20 Å². The summed E-state index contributed by atoms with van der Waals surface area (Å²) in [5.41, 5.74) is 0.676. The lowest BCUT2D eigenvalue weighted by Crippen LogP contribution is -2.56. The Balaban J connectivity index is 2.16. The number of carbonyl (C=O) groups is 1. The molecule has 2 rings (SSSR count). The SMILES string of the molecule is CCCNc1ncccc1C(=O)N1CC(C)N(C)C(C)C1. The second kappa shape index (κ2) is 6.89. The Bertz CT molecular complexity index is 479. The number of likely N-dealkylation sites (N-methyl/N-ethyl adjacent to an activating group) is 1. The Hall–Kier alpha value is -1.62. The molecule has 1 fully saturated rings. The maximum absolute atomic E-state index is 12.8. The van der Waals surface area contributed by atoms with Crippen LogP contribution in [0.4, 0.5) is 5.82 Å². The quantitative estimate of drug-likeness (QED) is 0.922. The number of amides is 1. The summed E-state index contributed by atoms with van der Waals surface area (Å²) in [4.78, 5) is 21.4. The van der Waals surface area contributed by atoms with Crippen molar-refractivity contribution in [3.63, 3.8) is 0 Å². The second-order valence-electron chi connectivity index (χ2n) is 5.90. The van der Waals surface area contributed by atoms with E-state index in [9.17, 15) is 4.79 Å². The van der Waals surface area contributed by atoms with E-state index in [0.29, 0.717) is 23.5 Å². The second-order valence-corrected chi connectivity index (χ2v) is 5.90. The number of anilines is 1. The van der Waals surface area contributed by atoms with Crippen molar-refractivity contribution in [2.75, 3.05) is 32.0 Å². The van der Waals surface area contributed by atoms with Gasteiger partial charge < -0.3 is 10.2 Å². The lowest BCUT2D eigenvalue weighted by molar-refractivity contribution is 0.0415. The highest BCUT2D eigenvalue weighted by Gasteiger charge is 2.30. The predicted molar refractivity (Wildman–Crippen MR) is 85.6 cm³/mol. The number of hydrogen-bond acceptors (Lipinski definition) is 4. The van der Waals surface area contributed by atoms with Crippen LogP contribution in [0.1, 0.15) is 37.6 Å². The molecule has 0 aromatic carbocycles. The van der Waals surface area contributed by atoms with Crippen molar-refractivity contribution in [2.24, 2.45) is 0 Å². The number of rotatable bonds is 4. The molecule has 0 aliphatic carbocycles. The summed E-state index contributed by atoms with van der Waals surface area (Å²) >= 11 is 0. The van der Waals surface area contributed by atoms with E-state index in [1.807, 2.05) is 17.0 Å². The van der Waals surface area contributed by atoms with Crippen LogP contribution in [0.5, 0.6) is 0 Å². The molecule has 2 atom stereocenters. The van der Waals surface area contributed by atoms with Crippen molar-refractivity contribution in [3.05, 3.63) is 23.9 Å². The van der Waals surface area contributed by atoms with Crippen LogP contribution in [0.2, 0.25) is 0 Å². The molecule has 1 N–H and O–H groups in total. The third kappa shape index (κ3) is 3.53. The molecule has 1 aromatic heterocycles. The van der Waals surface area contributed by atoms with Gasteiger partial charge in [-0.15, -0.1) is 0 Å². The van der Waals surface area contributed by atoms with Crippen LogP contribution in [0, 0.1) is 0 Å². The Morgan fingerprint density at radius 1 is 1.38 bits per heavy atom. The van der Waals surface area contributed by atoms with Crippen LogP contribution in [0.15, 0.2) is 18.3 Å². The fourth-order valence-electron chi connectivity index (χ4n) is 2.70. The molecule has 0 spiro atoms. The average molecular weight is 290 g/mol. The van der Waals surface area contributed by atoms with Gasteiger partial charge in [0.25, 0.3) is 5.91 Å². The fourth-order valence-corrected chi connectivity index (χ4v) is 2.70. The monoisotopic (exact) mass is 290 g/mol. The van der Waals surface area contributed by atoms with Gasteiger partial charge in [0.2, 0.25) is 0 Å². The number of aromatic nitrogens is 1. The van der Waals surface area contributed by atoms with Crippen molar-refractivity contribution >= 4 is 11.7 Å². The van der Waals surface area contributed by atoms with Crippen LogP contribution in [0.3, 0.4) is 0 Å². The number of nitrogens with zero attached hydrogens (tertiary/aromatic N) is 3. The van der Waals surface area contributed by atoms with E-state index < -0.39 is 0 Å². The molecule has 0 saturated carbocycles. The summed E-state index contributed by atoms with van der Waals surface area (Å²) < 4.78 is 0. The van der Waals surface area contributed by atoms with Gasteiger partial charge in [0.1, 0.15) is 5.82 Å². The molecule has 5 heteroatoms. The zero-order valence-electron chi connectivity index (χ0n) is 13.5. The van der Waals surface area contributed by atoms with E-state index in [2.05, 4.69) is 43.0 Å². The normalized spacial score (nSPS) is 23.1. The lowest BCUT2D eigenvalue weighted by Gasteiger charge is -2.42. The van der Waals surface area contributed by atoms with E-state index in [1.165, 1.54) is 0 Å². The van der Waals surface area contributed by atoms with Gasteiger partial charge in [-0.25, -0.2) is 4.98 Å². The average Bonchev–Trinajstić information content (AvgIpc) is 2.49. The molecule has 1 aliphatic heterocycles. The minimum absolute atomic E-state index is 0.0773. The van der Waals surface area contributed by atoms with Gasteiger partial charge in [-0.05, 0) is 39.4 Å². The van der Waals surface area contributed by atoms with Gasteiger partial charge in [-0.2, -0.15) is 0 Å². The van der Waals surface area contributed by atoms with E-state index in [4.69, 9.17) is 0 Å². The van der Waals surface area contributed by atoms with Crippen LogP contribution in [-0.2, 0) is 0 Å². The molecule has 116 valence electrons. The fraction of sp³-hybridized carbons (Fsp3) is 0.625. The predicted octanol–water partition coefficient (Wildman–Crippen LogP) is 2.07. The first-order valence-electron chi connectivity index (χ1n) is 7.74. The number of pyridine rings is 1. The maximum atomic E-state index is 12.8. The van der Waals surface area contributed by atoms with E-state index in [0.717, 1.165) is 26.1 Å². The third-order valence-corrected chi connectivity index (χ3v) is 4.23. The van der Waals surface area contributed by atoms with Crippen molar-refractivity contribution in [1.29, 1.82) is 0 Å². The van der Waals surface area contributed by atoms with Crippen molar-refractivity contribution in [2.45, 2.75) is 39.3 Å². The van der Waals surface area contributed by atoms with Gasteiger partial charge in [0.05, 0.1) is 5.56 Å². The van der Waals surface area contributed by atoms with Crippen molar-refractivity contribution in [3.8, 4) is 0 Å². The Labute approximate surface area is 127 Å². The van der Waals surface area contributed by atoms with E-state index >= 15 is 0 Å². The number of nitrogens with one attached hydrogen (secondary N) is 1. The van der Waals surface area contributed by atoms with Crippen LogP contribution in [-0.4, -0.2) is 59.5 Å². The maximum Gasteiger partial charge on any atom is 0.257 e. The standard InChI is InChI=1S/C16H26N4O/c1-5-8-17-15-14(7-6-9-18-15)16(21)20-10-12(2)19(4)13(3)11-20/h6-7,9,12-13H,5,8,10-11H2,1-4H3,(H,17,18). The highest BCUT2D eigenvalue weighted by molar-refractivity contribution is 5.98. The Morgan fingerprint density at radius 2 is 2.05 bits per heavy atom. The number of piperazine rings is 1. The minimum Gasteiger partial charge on any atom is -0.369 e.